The molecule has 0 saturated carbocycles. The Morgan fingerprint density at radius 3 is 2.42 bits per heavy atom. The summed E-state index contributed by atoms with van der Waals surface area (Å²) in [6.07, 6.45) is 1.28. The van der Waals surface area contributed by atoms with Crippen molar-refractivity contribution >= 4 is 43.7 Å². The van der Waals surface area contributed by atoms with Gasteiger partial charge < -0.3 is 14.2 Å². The molecular weight excluding hydrogens is 515 g/mol. The quantitative estimate of drug-likeness (QED) is 0.264. The molecule has 0 atom stereocenters. The highest BCUT2D eigenvalue weighted by molar-refractivity contribution is 9.10. The minimum absolute atomic E-state index is 0.0114. The molecule has 10 heteroatoms. The fourth-order valence-electron chi connectivity index (χ4n) is 2.65. The molecule has 0 aromatic heterocycles. The number of hydrogen-bond donors (Lipinski definition) is 1. The van der Waals surface area contributed by atoms with E-state index in [2.05, 4.69) is 21.2 Å². The van der Waals surface area contributed by atoms with Crippen LogP contribution in [0.1, 0.15) is 5.56 Å². The molecule has 0 fully saturated rings. The first kappa shape index (κ1) is 24.0. The summed E-state index contributed by atoms with van der Waals surface area (Å²) in [5, 5.41) is 11.7. The molecule has 3 aromatic rings. The molecule has 0 unspecified atom stereocenters. The lowest BCUT2D eigenvalue weighted by atomic mass is 10.1. The molecule has 0 bridgehead atoms. The number of halogens is 2. The van der Waals surface area contributed by atoms with Crippen LogP contribution in [0, 0.1) is 17.1 Å². The first-order chi connectivity index (χ1) is 15.7. The number of carbonyl (C=O) groups excluding carboxylic acids is 1. The van der Waals surface area contributed by atoms with E-state index in [4.69, 9.17) is 8.92 Å². The zero-order valence-electron chi connectivity index (χ0n) is 17.1. The van der Waals surface area contributed by atoms with Gasteiger partial charge in [0.2, 0.25) is 0 Å². The van der Waals surface area contributed by atoms with Crippen molar-refractivity contribution in [2.75, 3.05) is 12.4 Å². The summed E-state index contributed by atoms with van der Waals surface area (Å²) in [6, 6.07) is 17.4. The lowest BCUT2D eigenvalue weighted by molar-refractivity contribution is -0.112. The van der Waals surface area contributed by atoms with Crippen LogP contribution in [-0.2, 0) is 14.9 Å². The molecule has 3 rings (SSSR count). The molecule has 0 saturated heterocycles. The van der Waals surface area contributed by atoms with Gasteiger partial charge in [-0.25, -0.2) is 4.39 Å². The SMILES string of the molecule is COc1ccc(S(=O)(=O)Oc2ccc(/C=C(\C#N)C(=O)Nc3ccccc3F)cc2Br)cc1. The predicted molar refractivity (Wildman–Crippen MR) is 124 cm³/mol. The van der Waals surface area contributed by atoms with Crippen LogP contribution in [0.25, 0.3) is 6.08 Å². The van der Waals surface area contributed by atoms with E-state index in [-0.39, 0.29) is 26.4 Å². The summed E-state index contributed by atoms with van der Waals surface area (Å²) in [4.78, 5) is 12.3. The van der Waals surface area contributed by atoms with Crippen LogP contribution in [0.2, 0.25) is 0 Å². The number of benzene rings is 3. The van der Waals surface area contributed by atoms with E-state index < -0.39 is 21.8 Å². The summed E-state index contributed by atoms with van der Waals surface area (Å²) in [7, 11) is -2.64. The third kappa shape index (κ3) is 5.97. The van der Waals surface area contributed by atoms with Gasteiger partial charge in [-0.3, -0.25) is 4.79 Å². The van der Waals surface area contributed by atoms with Crippen molar-refractivity contribution in [1.29, 1.82) is 5.26 Å². The van der Waals surface area contributed by atoms with Crippen LogP contribution in [0.5, 0.6) is 11.5 Å². The summed E-state index contributed by atoms with van der Waals surface area (Å²) < 4.78 is 49.3. The Bertz CT molecular complexity index is 1370. The minimum Gasteiger partial charge on any atom is -0.497 e. The number of ether oxygens (including phenoxy) is 1. The van der Waals surface area contributed by atoms with E-state index in [1.807, 2.05) is 0 Å². The maximum atomic E-state index is 13.7. The standard InChI is InChI=1S/C23H16BrFN2O5S/c1-31-17-7-9-18(10-8-17)33(29,30)32-22-11-6-15(13-19(22)24)12-16(14-26)23(28)27-21-5-3-2-4-20(21)25/h2-13H,1H3,(H,27,28)/b16-12+. The molecule has 0 spiro atoms. The van der Waals surface area contributed by atoms with Crippen LogP contribution in [0.15, 0.2) is 81.7 Å². The fraction of sp³-hybridized carbons (Fsp3) is 0.0435. The second-order valence-electron chi connectivity index (χ2n) is 6.51. The van der Waals surface area contributed by atoms with Crippen molar-refractivity contribution in [1.82, 2.24) is 0 Å². The molecule has 7 nitrogen and oxygen atoms in total. The molecule has 0 aliphatic rings. The van der Waals surface area contributed by atoms with E-state index in [0.29, 0.717) is 11.3 Å². The fourth-order valence-corrected chi connectivity index (χ4v) is 4.18. The molecule has 1 amide bonds. The molecular formula is C23H16BrFN2O5S. The number of anilines is 1. The van der Waals surface area contributed by atoms with Crippen molar-refractivity contribution in [3.8, 4) is 17.6 Å². The molecule has 0 aliphatic carbocycles. The van der Waals surface area contributed by atoms with Crippen molar-refractivity contribution in [3.05, 3.63) is 88.2 Å². The average molecular weight is 531 g/mol. The summed E-state index contributed by atoms with van der Waals surface area (Å²) in [6.45, 7) is 0. The summed E-state index contributed by atoms with van der Waals surface area (Å²) >= 11 is 3.24. The molecule has 3 aromatic carbocycles. The molecule has 1 N–H and O–H groups in total. The summed E-state index contributed by atoms with van der Waals surface area (Å²) in [5.41, 5.74) is 0.0818. The van der Waals surface area contributed by atoms with Gasteiger partial charge in [-0.15, -0.1) is 0 Å². The number of hydrogen-bond acceptors (Lipinski definition) is 6. The Labute approximate surface area is 198 Å². The lowest BCUT2D eigenvalue weighted by Gasteiger charge is -2.10. The number of para-hydroxylation sites is 1. The monoisotopic (exact) mass is 530 g/mol. The maximum Gasteiger partial charge on any atom is 0.339 e. The van der Waals surface area contributed by atoms with Gasteiger partial charge in [-0.2, -0.15) is 13.7 Å². The predicted octanol–water partition coefficient (Wildman–Crippen LogP) is 4.91. The second kappa shape index (κ2) is 10.3. The zero-order chi connectivity index (χ0) is 24.0. The first-order valence-corrected chi connectivity index (χ1v) is 11.5. The minimum atomic E-state index is -4.11. The number of nitriles is 1. The number of rotatable bonds is 7. The molecule has 168 valence electrons. The van der Waals surface area contributed by atoms with E-state index >= 15 is 0 Å². The smallest absolute Gasteiger partial charge is 0.339 e. The van der Waals surface area contributed by atoms with E-state index in [9.17, 15) is 22.9 Å². The molecule has 0 heterocycles. The van der Waals surface area contributed by atoms with Crippen molar-refractivity contribution < 1.29 is 26.5 Å². The zero-order valence-corrected chi connectivity index (χ0v) is 19.5. The molecule has 0 aliphatic heterocycles. The molecule has 33 heavy (non-hydrogen) atoms. The van der Waals surface area contributed by atoms with Gasteiger partial charge in [-0.05, 0) is 76.1 Å². The van der Waals surface area contributed by atoms with E-state index in [1.165, 1.54) is 73.8 Å². The van der Waals surface area contributed by atoms with Gasteiger partial charge in [-0.1, -0.05) is 18.2 Å². The van der Waals surface area contributed by atoms with Gasteiger partial charge in [0.05, 0.1) is 17.3 Å². The highest BCUT2D eigenvalue weighted by atomic mass is 79.9. The van der Waals surface area contributed by atoms with Crippen molar-refractivity contribution in [3.63, 3.8) is 0 Å². The second-order valence-corrected chi connectivity index (χ2v) is 8.91. The highest BCUT2D eigenvalue weighted by Crippen LogP contribution is 2.30. The van der Waals surface area contributed by atoms with Crippen LogP contribution in [0.3, 0.4) is 0 Å². The summed E-state index contributed by atoms with van der Waals surface area (Å²) in [5.74, 6) is -0.914. The van der Waals surface area contributed by atoms with Crippen molar-refractivity contribution in [2.24, 2.45) is 0 Å². The Morgan fingerprint density at radius 2 is 1.82 bits per heavy atom. The van der Waals surface area contributed by atoms with Crippen LogP contribution in [-0.4, -0.2) is 21.4 Å². The van der Waals surface area contributed by atoms with Gasteiger partial charge >= 0.3 is 10.1 Å². The van der Waals surface area contributed by atoms with Gasteiger partial charge in [0.1, 0.15) is 28.1 Å². The Hall–Kier alpha value is -3.68. The highest BCUT2D eigenvalue weighted by Gasteiger charge is 2.19. The number of amides is 1. The Morgan fingerprint density at radius 1 is 1.12 bits per heavy atom. The van der Waals surface area contributed by atoms with Gasteiger partial charge in [0.25, 0.3) is 5.91 Å². The van der Waals surface area contributed by atoms with E-state index in [1.54, 1.807) is 12.1 Å². The number of nitrogens with zero attached hydrogens (tertiary/aromatic N) is 1. The van der Waals surface area contributed by atoms with Crippen LogP contribution >= 0.6 is 15.9 Å². The number of methoxy groups -OCH3 is 1. The van der Waals surface area contributed by atoms with E-state index in [0.717, 1.165) is 0 Å². The Kier molecular flexibility index (Phi) is 7.48. The number of nitrogens with one attached hydrogen (secondary N) is 1. The maximum absolute atomic E-state index is 13.7. The Balaban J connectivity index is 1.80. The molecule has 0 radical (unpaired) electrons. The lowest BCUT2D eigenvalue weighted by Crippen LogP contribution is -2.14. The normalized spacial score (nSPS) is 11.4. The topological polar surface area (TPSA) is 105 Å². The number of carbonyl (C=O) groups is 1. The largest absolute Gasteiger partial charge is 0.497 e. The first-order valence-electron chi connectivity index (χ1n) is 9.29. The van der Waals surface area contributed by atoms with Gasteiger partial charge in [0, 0.05) is 0 Å². The van der Waals surface area contributed by atoms with Crippen LogP contribution < -0.4 is 14.2 Å². The van der Waals surface area contributed by atoms with Gasteiger partial charge in [0.15, 0.2) is 5.75 Å². The van der Waals surface area contributed by atoms with Crippen LogP contribution in [0.4, 0.5) is 10.1 Å². The van der Waals surface area contributed by atoms with Crippen molar-refractivity contribution in [2.45, 2.75) is 4.90 Å². The third-order valence-electron chi connectivity index (χ3n) is 4.30. The average Bonchev–Trinajstić information content (AvgIpc) is 2.80. The third-order valence-corrected chi connectivity index (χ3v) is 6.17.